The summed E-state index contributed by atoms with van der Waals surface area (Å²) < 4.78 is 36.9. The molecule has 2 rings (SSSR count). The summed E-state index contributed by atoms with van der Waals surface area (Å²) >= 11 is 0. The monoisotopic (exact) mass is 345 g/mol. The maximum atomic E-state index is 12.3. The summed E-state index contributed by atoms with van der Waals surface area (Å²) in [5.74, 6) is -0.0642. The fraction of sp³-hybridized carbons (Fsp3) is 0.500. The Morgan fingerprint density at radius 1 is 1.38 bits per heavy atom. The third-order valence-corrected chi connectivity index (χ3v) is 3.05. The zero-order chi connectivity index (χ0) is 14.0. The molecular weight excluding hydrogens is 330 g/mol. The van der Waals surface area contributed by atoms with Gasteiger partial charge in [0, 0.05) is 18.8 Å². The molecule has 1 amide bonds. The number of amides is 1. The summed E-state index contributed by atoms with van der Waals surface area (Å²) in [6.07, 6.45) is -1.67. The number of pyridine rings is 1. The molecule has 120 valence electrons. The van der Waals surface area contributed by atoms with Gasteiger partial charge in [-0.3, -0.25) is 9.78 Å². The van der Waals surface area contributed by atoms with Gasteiger partial charge in [0.25, 0.3) is 5.91 Å². The minimum Gasteiger partial charge on any atom is -0.349 e. The minimum atomic E-state index is -4.45. The number of nitrogens with two attached hydrogens (primary N) is 1. The van der Waals surface area contributed by atoms with Gasteiger partial charge >= 0.3 is 6.18 Å². The van der Waals surface area contributed by atoms with Crippen LogP contribution in [0.25, 0.3) is 0 Å². The van der Waals surface area contributed by atoms with Crippen molar-refractivity contribution in [1.29, 1.82) is 0 Å². The van der Waals surface area contributed by atoms with Crippen LogP contribution < -0.4 is 11.1 Å². The maximum absolute atomic E-state index is 12.3. The van der Waals surface area contributed by atoms with Crippen LogP contribution in [0.15, 0.2) is 18.3 Å². The number of nitrogens with one attached hydrogen (secondary N) is 1. The Hall–Kier alpha value is -1.05. The van der Waals surface area contributed by atoms with Crippen LogP contribution in [0.3, 0.4) is 0 Å². The molecular formula is C12H16Cl2F3N3O. The molecule has 0 aliphatic heterocycles. The van der Waals surface area contributed by atoms with Crippen molar-refractivity contribution in [1.82, 2.24) is 10.3 Å². The molecule has 1 atom stereocenters. The van der Waals surface area contributed by atoms with E-state index >= 15 is 0 Å². The van der Waals surface area contributed by atoms with Gasteiger partial charge in [-0.15, -0.1) is 24.8 Å². The van der Waals surface area contributed by atoms with Crippen LogP contribution in [0, 0.1) is 5.92 Å². The lowest BCUT2D eigenvalue weighted by atomic mass is 10.2. The molecule has 21 heavy (non-hydrogen) atoms. The predicted octanol–water partition coefficient (Wildman–Crippen LogP) is 2.41. The van der Waals surface area contributed by atoms with Crippen molar-refractivity contribution >= 4 is 30.7 Å². The molecule has 0 radical (unpaired) electrons. The number of rotatable bonds is 4. The first-order chi connectivity index (χ1) is 8.88. The van der Waals surface area contributed by atoms with Crippen molar-refractivity contribution in [3.8, 4) is 0 Å². The third kappa shape index (κ3) is 5.68. The molecule has 1 heterocycles. The highest BCUT2D eigenvalue weighted by molar-refractivity contribution is 5.92. The highest BCUT2D eigenvalue weighted by atomic mass is 35.5. The Bertz CT molecular complexity index is 464. The van der Waals surface area contributed by atoms with Crippen LogP contribution in [0.4, 0.5) is 13.2 Å². The quantitative estimate of drug-likeness (QED) is 0.880. The normalized spacial score (nSPS) is 15.4. The van der Waals surface area contributed by atoms with Crippen LogP contribution >= 0.6 is 24.8 Å². The van der Waals surface area contributed by atoms with Gasteiger partial charge in [-0.25, -0.2) is 0 Å². The van der Waals surface area contributed by atoms with Gasteiger partial charge in [0.15, 0.2) is 0 Å². The van der Waals surface area contributed by atoms with Gasteiger partial charge in [-0.05, 0) is 30.9 Å². The standard InChI is InChI=1S/C12H14F3N3O.2ClH/c13-12(14,15)8-3-4-10(17-5-8)11(19)18-6-9(16)7-1-2-7;;/h3-5,7,9H,1-2,6,16H2,(H,18,19);2*1H. The molecule has 1 aliphatic carbocycles. The number of carbonyl (C=O) groups is 1. The fourth-order valence-electron chi connectivity index (χ4n) is 1.69. The van der Waals surface area contributed by atoms with E-state index in [-0.39, 0.29) is 36.5 Å². The molecule has 4 nitrogen and oxygen atoms in total. The second-order valence-corrected chi connectivity index (χ2v) is 4.64. The Morgan fingerprint density at radius 2 is 2.00 bits per heavy atom. The summed E-state index contributed by atoms with van der Waals surface area (Å²) in [4.78, 5) is 15.2. The number of aromatic nitrogens is 1. The van der Waals surface area contributed by atoms with Gasteiger partial charge in [0.1, 0.15) is 5.69 Å². The zero-order valence-corrected chi connectivity index (χ0v) is 12.5. The molecule has 0 saturated heterocycles. The molecule has 1 aromatic heterocycles. The fourth-order valence-corrected chi connectivity index (χ4v) is 1.69. The number of halogens is 5. The average molecular weight is 346 g/mol. The number of hydrogen-bond donors (Lipinski definition) is 2. The van der Waals surface area contributed by atoms with Crippen LogP contribution in [0.2, 0.25) is 0 Å². The Morgan fingerprint density at radius 3 is 2.43 bits per heavy atom. The number of carbonyl (C=O) groups excluding carboxylic acids is 1. The van der Waals surface area contributed by atoms with Crippen molar-refractivity contribution in [3.63, 3.8) is 0 Å². The first-order valence-electron chi connectivity index (χ1n) is 5.95. The van der Waals surface area contributed by atoms with E-state index in [9.17, 15) is 18.0 Å². The lowest BCUT2D eigenvalue weighted by molar-refractivity contribution is -0.137. The summed E-state index contributed by atoms with van der Waals surface area (Å²) in [5, 5.41) is 2.57. The molecule has 1 aromatic rings. The van der Waals surface area contributed by atoms with E-state index in [2.05, 4.69) is 10.3 Å². The predicted molar refractivity (Wildman–Crippen MR) is 76.8 cm³/mol. The summed E-state index contributed by atoms with van der Waals surface area (Å²) in [6.45, 7) is 0.312. The van der Waals surface area contributed by atoms with Gasteiger partial charge in [0.05, 0.1) is 5.56 Å². The van der Waals surface area contributed by atoms with E-state index in [1.54, 1.807) is 0 Å². The van der Waals surface area contributed by atoms with Crippen molar-refractivity contribution in [2.24, 2.45) is 11.7 Å². The van der Waals surface area contributed by atoms with Gasteiger partial charge < -0.3 is 11.1 Å². The van der Waals surface area contributed by atoms with Gasteiger partial charge in [0.2, 0.25) is 0 Å². The van der Waals surface area contributed by atoms with Crippen LogP contribution in [0.5, 0.6) is 0 Å². The van der Waals surface area contributed by atoms with Crippen LogP contribution in [0.1, 0.15) is 28.9 Å². The Kier molecular flexibility index (Phi) is 7.43. The highest BCUT2D eigenvalue weighted by Crippen LogP contribution is 2.31. The summed E-state index contributed by atoms with van der Waals surface area (Å²) in [5.41, 5.74) is 4.88. The second-order valence-electron chi connectivity index (χ2n) is 4.64. The van der Waals surface area contributed by atoms with Crippen molar-refractivity contribution in [2.75, 3.05) is 6.54 Å². The lowest BCUT2D eigenvalue weighted by Crippen LogP contribution is -2.38. The zero-order valence-electron chi connectivity index (χ0n) is 10.9. The molecule has 0 aromatic carbocycles. The SMILES string of the molecule is Cl.Cl.NC(CNC(=O)c1ccc(C(F)(F)F)cn1)C1CC1. The molecule has 3 N–H and O–H groups in total. The third-order valence-electron chi connectivity index (χ3n) is 3.05. The molecule has 1 unspecified atom stereocenters. The molecule has 0 bridgehead atoms. The van der Waals surface area contributed by atoms with E-state index < -0.39 is 17.6 Å². The average Bonchev–Trinajstić information content (AvgIpc) is 3.19. The van der Waals surface area contributed by atoms with E-state index in [4.69, 9.17) is 5.73 Å². The summed E-state index contributed by atoms with van der Waals surface area (Å²) in [7, 11) is 0. The van der Waals surface area contributed by atoms with E-state index in [0.717, 1.165) is 25.0 Å². The first kappa shape index (κ1) is 19.9. The lowest BCUT2D eigenvalue weighted by Gasteiger charge is -2.11. The Labute approximate surface area is 132 Å². The summed E-state index contributed by atoms with van der Waals surface area (Å²) in [6, 6.07) is 1.79. The number of alkyl halides is 3. The molecule has 1 saturated carbocycles. The first-order valence-corrected chi connectivity index (χ1v) is 5.95. The molecule has 1 fully saturated rings. The van der Waals surface area contributed by atoms with Crippen molar-refractivity contribution < 1.29 is 18.0 Å². The second kappa shape index (κ2) is 7.82. The number of nitrogens with zero attached hydrogens (tertiary/aromatic N) is 1. The smallest absolute Gasteiger partial charge is 0.349 e. The van der Waals surface area contributed by atoms with E-state index in [1.165, 1.54) is 0 Å². The van der Waals surface area contributed by atoms with E-state index in [0.29, 0.717) is 18.7 Å². The van der Waals surface area contributed by atoms with Gasteiger partial charge in [-0.1, -0.05) is 0 Å². The molecule has 1 aliphatic rings. The molecule has 9 heteroatoms. The Balaban J connectivity index is 0.00000200. The van der Waals surface area contributed by atoms with Crippen LogP contribution in [-0.2, 0) is 6.18 Å². The van der Waals surface area contributed by atoms with Gasteiger partial charge in [-0.2, -0.15) is 13.2 Å². The molecule has 0 spiro atoms. The van der Waals surface area contributed by atoms with Crippen LogP contribution in [-0.4, -0.2) is 23.5 Å². The van der Waals surface area contributed by atoms with E-state index in [1.807, 2.05) is 0 Å². The largest absolute Gasteiger partial charge is 0.417 e. The highest BCUT2D eigenvalue weighted by Gasteiger charge is 2.31. The van der Waals surface area contributed by atoms with Crippen molar-refractivity contribution in [3.05, 3.63) is 29.6 Å². The van der Waals surface area contributed by atoms with Crippen molar-refractivity contribution in [2.45, 2.75) is 25.1 Å². The topological polar surface area (TPSA) is 68.0 Å². The minimum absolute atomic E-state index is 0. The number of hydrogen-bond acceptors (Lipinski definition) is 3. The maximum Gasteiger partial charge on any atom is 0.417 e.